The topological polar surface area (TPSA) is 104 Å². The molecule has 0 amide bonds. The third-order valence-electron chi connectivity index (χ3n) is 1.61. The summed E-state index contributed by atoms with van der Waals surface area (Å²) in [5.41, 5.74) is 0. The van der Waals surface area contributed by atoms with Crippen LogP contribution < -0.4 is 5.32 Å². The number of hydrogen-bond donors (Lipinski definition) is 3. The molecule has 0 fully saturated rings. The van der Waals surface area contributed by atoms with Crippen LogP contribution in [-0.4, -0.2) is 41.0 Å². The first-order chi connectivity index (χ1) is 5.91. The molecule has 1 unspecified atom stereocenters. The number of carbonyl (C=O) groups excluding carboxylic acids is 1. The molecule has 1 atom stereocenters. The van der Waals surface area contributed by atoms with Crippen molar-refractivity contribution in [3.05, 3.63) is 0 Å². The fourth-order valence-corrected chi connectivity index (χ4v) is 0.995. The van der Waals surface area contributed by atoms with E-state index in [9.17, 15) is 14.4 Å². The maximum Gasteiger partial charge on any atom is 0.319 e. The van der Waals surface area contributed by atoms with E-state index in [1.165, 1.54) is 7.05 Å². The van der Waals surface area contributed by atoms with E-state index in [1.807, 2.05) is 0 Å². The Morgan fingerprint density at radius 3 is 1.62 bits per heavy atom. The molecule has 0 saturated heterocycles. The second-order valence-electron chi connectivity index (χ2n) is 2.53. The summed E-state index contributed by atoms with van der Waals surface area (Å²) in [6.45, 7) is 1.14. The van der Waals surface area contributed by atoms with Gasteiger partial charge in [0.25, 0.3) is 0 Å². The molecule has 0 aliphatic heterocycles. The number of carboxylic acids is 2. The van der Waals surface area contributed by atoms with Crippen LogP contribution in [0.4, 0.5) is 0 Å². The summed E-state index contributed by atoms with van der Waals surface area (Å²) in [6.07, 6.45) is 0. The number of likely N-dealkylation sites (N-methyl/N-ethyl adjacent to an activating group) is 1. The molecule has 0 spiro atoms. The Hall–Kier alpha value is -1.43. The number of nitrogens with one attached hydrogen (secondary N) is 1. The Balaban J connectivity index is 4.80. The Morgan fingerprint density at radius 2 is 1.54 bits per heavy atom. The number of carbonyl (C=O) groups is 3. The molecule has 0 saturated carbocycles. The van der Waals surface area contributed by atoms with Gasteiger partial charge in [-0.15, -0.1) is 0 Å². The lowest BCUT2D eigenvalue weighted by molar-refractivity contribution is -0.157. The van der Waals surface area contributed by atoms with E-state index in [4.69, 9.17) is 10.2 Å². The lowest BCUT2D eigenvalue weighted by atomic mass is 9.97. The van der Waals surface area contributed by atoms with Crippen molar-refractivity contribution in [1.29, 1.82) is 0 Å². The fraction of sp³-hybridized carbons (Fsp3) is 0.571. The second kappa shape index (κ2) is 4.56. The quantitative estimate of drug-likeness (QED) is 0.477. The number of Topliss-reactive ketones (excluding diaryl/α,β-unsaturated/α-hetero) is 1. The summed E-state index contributed by atoms with van der Waals surface area (Å²) in [5, 5.41) is 19.4. The van der Waals surface area contributed by atoms with Crippen molar-refractivity contribution in [3.63, 3.8) is 0 Å². The lowest BCUT2D eigenvalue weighted by Gasteiger charge is -2.16. The van der Waals surface area contributed by atoms with Crippen LogP contribution in [0.2, 0.25) is 0 Å². The van der Waals surface area contributed by atoms with E-state index >= 15 is 0 Å². The first-order valence-corrected chi connectivity index (χ1v) is 3.55. The van der Waals surface area contributed by atoms with E-state index < -0.39 is 29.7 Å². The fourth-order valence-electron chi connectivity index (χ4n) is 0.995. The normalized spacial score (nSPS) is 12.5. The number of carboxylic acid groups (broad SMARTS) is 2. The Labute approximate surface area is 74.6 Å². The van der Waals surface area contributed by atoms with Crippen molar-refractivity contribution < 1.29 is 24.6 Å². The summed E-state index contributed by atoms with van der Waals surface area (Å²) in [7, 11) is 1.34. The standard InChI is InChI=1S/C7H11NO5/c1-3(9)5(8-2)4(6(10)11)7(12)13/h4-5,8H,1-2H3,(H,10,11)(H,12,13). The van der Waals surface area contributed by atoms with Gasteiger partial charge >= 0.3 is 11.9 Å². The second-order valence-corrected chi connectivity index (χ2v) is 2.53. The van der Waals surface area contributed by atoms with Gasteiger partial charge in [0.05, 0.1) is 6.04 Å². The zero-order chi connectivity index (χ0) is 10.6. The summed E-state index contributed by atoms with van der Waals surface area (Å²) in [5.74, 6) is -5.30. The highest BCUT2D eigenvalue weighted by atomic mass is 16.4. The molecule has 0 aromatic carbocycles. The molecule has 6 heteroatoms. The summed E-state index contributed by atoms with van der Waals surface area (Å²) in [6, 6.07) is -1.19. The molecule has 74 valence electrons. The van der Waals surface area contributed by atoms with Crippen LogP contribution in [0.5, 0.6) is 0 Å². The van der Waals surface area contributed by atoms with Gasteiger partial charge in [-0.25, -0.2) is 0 Å². The molecule has 0 heterocycles. The molecule has 0 bridgehead atoms. The van der Waals surface area contributed by atoms with Gasteiger partial charge in [0.2, 0.25) is 0 Å². The van der Waals surface area contributed by atoms with E-state index in [0.717, 1.165) is 6.92 Å². The number of hydrogen-bond acceptors (Lipinski definition) is 4. The minimum atomic E-state index is -1.73. The SMILES string of the molecule is CNC(C(C)=O)C(C(=O)O)C(=O)O. The van der Waals surface area contributed by atoms with Gasteiger partial charge < -0.3 is 15.5 Å². The van der Waals surface area contributed by atoms with E-state index in [0.29, 0.717) is 0 Å². The van der Waals surface area contributed by atoms with Crippen molar-refractivity contribution >= 4 is 17.7 Å². The van der Waals surface area contributed by atoms with Crippen molar-refractivity contribution in [2.24, 2.45) is 5.92 Å². The van der Waals surface area contributed by atoms with Crippen LogP contribution in [0.1, 0.15) is 6.92 Å². The van der Waals surface area contributed by atoms with Crippen LogP contribution in [0.25, 0.3) is 0 Å². The summed E-state index contributed by atoms with van der Waals surface area (Å²) < 4.78 is 0. The molecule has 0 aliphatic rings. The highest BCUT2D eigenvalue weighted by molar-refractivity contribution is 6.00. The number of ketones is 1. The number of aliphatic carboxylic acids is 2. The molecule has 0 aromatic heterocycles. The van der Waals surface area contributed by atoms with Crippen LogP contribution in [0.15, 0.2) is 0 Å². The molecular weight excluding hydrogens is 178 g/mol. The van der Waals surface area contributed by atoms with Crippen LogP contribution >= 0.6 is 0 Å². The smallest absolute Gasteiger partial charge is 0.319 e. The van der Waals surface area contributed by atoms with Crippen molar-refractivity contribution in [2.75, 3.05) is 7.05 Å². The van der Waals surface area contributed by atoms with Gasteiger partial charge in [0, 0.05) is 0 Å². The molecule has 0 aliphatic carbocycles. The van der Waals surface area contributed by atoms with Gasteiger partial charge in [-0.2, -0.15) is 0 Å². The first-order valence-electron chi connectivity index (χ1n) is 3.55. The van der Waals surface area contributed by atoms with Crippen molar-refractivity contribution in [1.82, 2.24) is 5.32 Å². The minimum absolute atomic E-state index is 0.516. The Morgan fingerprint density at radius 1 is 1.15 bits per heavy atom. The van der Waals surface area contributed by atoms with Gasteiger partial charge in [-0.1, -0.05) is 0 Å². The number of rotatable bonds is 5. The lowest BCUT2D eigenvalue weighted by Crippen LogP contribution is -2.47. The van der Waals surface area contributed by atoms with Crippen LogP contribution in [-0.2, 0) is 14.4 Å². The Bertz CT molecular complexity index is 223. The molecule has 0 aromatic rings. The average molecular weight is 189 g/mol. The highest BCUT2D eigenvalue weighted by Crippen LogP contribution is 2.05. The zero-order valence-corrected chi connectivity index (χ0v) is 7.27. The Kier molecular flexibility index (Phi) is 4.06. The maximum atomic E-state index is 10.8. The van der Waals surface area contributed by atoms with Crippen LogP contribution in [0, 0.1) is 5.92 Å². The predicted molar refractivity (Wildman–Crippen MR) is 42.3 cm³/mol. The zero-order valence-electron chi connectivity index (χ0n) is 7.27. The molecule has 3 N–H and O–H groups in total. The monoisotopic (exact) mass is 189 g/mol. The van der Waals surface area contributed by atoms with Crippen molar-refractivity contribution in [3.8, 4) is 0 Å². The van der Waals surface area contributed by atoms with Crippen LogP contribution in [0.3, 0.4) is 0 Å². The maximum absolute atomic E-state index is 10.8. The molecule has 0 radical (unpaired) electrons. The first kappa shape index (κ1) is 11.6. The van der Waals surface area contributed by atoms with Gasteiger partial charge in [0.15, 0.2) is 5.92 Å². The molecule has 0 rings (SSSR count). The minimum Gasteiger partial charge on any atom is -0.481 e. The predicted octanol–water partition coefficient (Wildman–Crippen LogP) is -1.05. The molecule has 13 heavy (non-hydrogen) atoms. The van der Waals surface area contributed by atoms with E-state index in [2.05, 4.69) is 5.32 Å². The highest BCUT2D eigenvalue weighted by Gasteiger charge is 2.36. The summed E-state index contributed by atoms with van der Waals surface area (Å²) in [4.78, 5) is 31.8. The van der Waals surface area contributed by atoms with Gasteiger partial charge in [-0.3, -0.25) is 14.4 Å². The average Bonchev–Trinajstić information content (AvgIpc) is 1.97. The summed E-state index contributed by atoms with van der Waals surface area (Å²) >= 11 is 0. The van der Waals surface area contributed by atoms with E-state index in [1.54, 1.807) is 0 Å². The third kappa shape index (κ3) is 2.83. The molecule has 6 nitrogen and oxygen atoms in total. The van der Waals surface area contributed by atoms with Crippen molar-refractivity contribution in [2.45, 2.75) is 13.0 Å². The molecular formula is C7H11NO5. The largest absolute Gasteiger partial charge is 0.481 e. The van der Waals surface area contributed by atoms with Gasteiger partial charge in [-0.05, 0) is 14.0 Å². The van der Waals surface area contributed by atoms with E-state index in [-0.39, 0.29) is 0 Å². The third-order valence-corrected chi connectivity index (χ3v) is 1.61. The van der Waals surface area contributed by atoms with Gasteiger partial charge in [0.1, 0.15) is 5.78 Å².